The van der Waals surface area contributed by atoms with Gasteiger partial charge in [-0.2, -0.15) is 0 Å². The van der Waals surface area contributed by atoms with Gasteiger partial charge in [0.15, 0.2) is 0 Å². The van der Waals surface area contributed by atoms with Gasteiger partial charge in [0.1, 0.15) is 0 Å². The second-order valence-corrected chi connectivity index (χ2v) is 4.18. The van der Waals surface area contributed by atoms with E-state index in [1.165, 1.54) is 6.07 Å². The lowest BCUT2D eigenvalue weighted by atomic mass is 10.1. The smallest absolute Gasteiger partial charge is 0.248 e. The molecule has 0 aliphatic rings. The van der Waals surface area contributed by atoms with Crippen LogP contribution in [0.25, 0.3) is 0 Å². The molecule has 0 aliphatic heterocycles. The lowest BCUT2D eigenvalue weighted by Gasteiger charge is -2.12. The molecule has 5 heteroatoms. The molecule has 0 saturated heterocycles. The number of hydrogen-bond acceptors (Lipinski definition) is 3. The number of amides is 2. The Morgan fingerprint density at radius 2 is 2.11 bits per heavy atom. The minimum absolute atomic E-state index is 0.245. The Kier molecular flexibility index (Phi) is 5.32. The molecule has 18 heavy (non-hydrogen) atoms. The Balaban J connectivity index is 2.64. The highest BCUT2D eigenvalue weighted by Crippen LogP contribution is 2.11. The minimum atomic E-state index is -0.526. The van der Waals surface area contributed by atoms with Crippen LogP contribution in [0.1, 0.15) is 36.5 Å². The number of unbranched alkanes of at least 4 members (excludes halogenated alkanes) is 1. The van der Waals surface area contributed by atoms with Crippen LogP contribution < -0.4 is 16.8 Å². The van der Waals surface area contributed by atoms with Crippen LogP contribution in [0.3, 0.4) is 0 Å². The predicted molar refractivity (Wildman–Crippen MR) is 71.1 cm³/mol. The van der Waals surface area contributed by atoms with Gasteiger partial charge < -0.3 is 16.8 Å². The number of anilines is 1. The Hall–Kier alpha value is -1.88. The second-order valence-electron chi connectivity index (χ2n) is 4.18. The molecule has 0 aliphatic carbocycles. The molecular formula is C13H19N3O2. The summed E-state index contributed by atoms with van der Waals surface area (Å²) >= 11 is 0. The highest BCUT2D eigenvalue weighted by atomic mass is 16.2. The number of hydrogen-bond donors (Lipinski definition) is 3. The quantitative estimate of drug-likeness (QED) is 0.707. The van der Waals surface area contributed by atoms with E-state index in [1.54, 1.807) is 18.2 Å². The van der Waals surface area contributed by atoms with Gasteiger partial charge in [-0.3, -0.25) is 9.59 Å². The van der Waals surface area contributed by atoms with Gasteiger partial charge in [0.2, 0.25) is 11.8 Å². The highest BCUT2D eigenvalue weighted by molar-refractivity contribution is 5.97. The van der Waals surface area contributed by atoms with Crippen molar-refractivity contribution in [3.63, 3.8) is 0 Å². The molecule has 0 fully saturated rings. The number of nitrogens with one attached hydrogen (secondary N) is 1. The monoisotopic (exact) mass is 249 g/mol. The zero-order chi connectivity index (χ0) is 13.5. The van der Waals surface area contributed by atoms with E-state index >= 15 is 0 Å². The van der Waals surface area contributed by atoms with Gasteiger partial charge in [-0.25, -0.2) is 0 Å². The summed E-state index contributed by atoms with van der Waals surface area (Å²) in [6.45, 7) is 2.04. The second kappa shape index (κ2) is 6.76. The van der Waals surface area contributed by atoms with Crippen LogP contribution in [0.2, 0.25) is 0 Å². The molecule has 1 rings (SSSR count). The maximum absolute atomic E-state index is 11.7. The maximum Gasteiger partial charge on any atom is 0.248 e. The van der Waals surface area contributed by atoms with Crippen LogP contribution in [-0.2, 0) is 4.79 Å². The van der Waals surface area contributed by atoms with Crippen molar-refractivity contribution in [1.82, 2.24) is 0 Å². The summed E-state index contributed by atoms with van der Waals surface area (Å²) in [6.07, 6.45) is 2.56. The van der Waals surface area contributed by atoms with Gasteiger partial charge in [0, 0.05) is 11.3 Å². The molecule has 1 unspecified atom stereocenters. The number of rotatable bonds is 6. The lowest BCUT2D eigenvalue weighted by molar-refractivity contribution is -0.117. The van der Waals surface area contributed by atoms with E-state index in [-0.39, 0.29) is 5.91 Å². The van der Waals surface area contributed by atoms with E-state index in [4.69, 9.17) is 11.5 Å². The number of benzene rings is 1. The summed E-state index contributed by atoms with van der Waals surface area (Å²) in [5.74, 6) is -0.772. The largest absolute Gasteiger partial charge is 0.366 e. The molecule has 0 saturated carbocycles. The number of carbonyl (C=O) groups is 2. The van der Waals surface area contributed by atoms with E-state index in [9.17, 15) is 9.59 Å². The minimum Gasteiger partial charge on any atom is -0.366 e. The summed E-state index contributed by atoms with van der Waals surface area (Å²) < 4.78 is 0. The summed E-state index contributed by atoms with van der Waals surface area (Å²) in [5, 5.41) is 2.67. The Labute approximate surface area is 107 Å². The lowest BCUT2D eigenvalue weighted by Crippen LogP contribution is -2.35. The molecule has 1 aromatic rings. The zero-order valence-electron chi connectivity index (χ0n) is 10.5. The Bertz CT molecular complexity index is 432. The maximum atomic E-state index is 11.7. The first-order chi connectivity index (χ1) is 8.54. The third kappa shape index (κ3) is 4.18. The third-order valence-corrected chi connectivity index (χ3v) is 2.62. The summed E-state index contributed by atoms with van der Waals surface area (Å²) in [6, 6.07) is 5.95. The first-order valence-electron chi connectivity index (χ1n) is 6.01. The Morgan fingerprint density at radius 3 is 2.72 bits per heavy atom. The van der Waals surface area contributed by atoms with Crippen molar-refractivity contribution in [2.24, 2.45) is 11.5 Å². The van der Waals surface area contributed by atoms with Crippen molar-refractivity contribution in [2.45, 2.75) is 32.2 Å². The van der Waals surface area contributed by atoms with Crippen LogP contribution in [0.4, 0.5) is 5.69 Å². The molecule has 0 spiro atoms. The van der Waals surface area contributed by atoms with Crippen molar-refractivity contribution in [1.29, 1.82) is 0 Å². The number of primary amides is 1. The van der Waals surface area contributed by atoms with Crippen molar-refractivity contribution >= 4 is 17.5 Å². The van der Waals surface area contributed by atoms with E-state index < -0.39 is 11.9 Å². The normalized spacial score (nSPS) is 11.9. The predicted octanol–water partition coefficient (Wildman–Crippen LogP) is 1.24. The van der Waals surface area contributed by atoms with Gasteiger partial charge in [0.05, 0.1) is 6.04 Å². The van der Waals surface area contributed by atoms with Crippen molar-refractivity contribution < 1.29 is 9.59 Å². The molecule has 98 valence electrons. The van der Waals surface area contributed by atoms with Gasteiger partial charge in [-0.15, -0.1) is 0 Å². The fraction of sp³-hybridized carbons (Fsp3) is 0.385. The van der Waals surface area contributed by atoms with E-state index in [0.29, 0.717) is 17.7 Å². The van der Waals surface area contributed by atoms with Crippen molar-refractivity contribution in [3.8, 4) is 0 Å². The first-order valence-corrected chi connectivity index (χ1v) is 6.01. The number of carbonyl (C=O) groups excluding carboxylic acids is 2. The van der Waals surface area contributed by atoms with E-state index in [1.807, 2.05) is 6.92 Å². The molecule has 0 radical (unpaired) electrons. The van der Waals surface area contributed by atoms with E-state index in [2.05, 4.69) is 5.32 Å². The van der Waals surface area contributed by atoms with Crippen LogP contribution in [-0.4, -0.2) is 17.9 Å². The van der Waals surface area contributed by atoms with Crippen LogP contribution in [0, 0.1) is 0 Å². The van der Waals surface area contributed by atoms with Crippen LogP contribution in [0.5, 0.6) is 0 Å². The summed E-state index contributed by atoms with van der Waals surface area (Å²) in [7, 11) is 0. The van der Waals surface area contributed by atoms with Crippen molar-refractivity contribution in [3.05, 3.63) is 29.8 Å². The number of nitrogens with two attached hydrogens (primary N) is 2. The fourth-order valence-corrected chi connectivity index (χ4v) is 1.54. The average Bonchev–Trinajstić information content (AvgIpc) is 2.36. The zero-order valence-corrected chi connectivity index (χ0v) is 10.5. The highest BCUT2D eigenvalue weighted by Gasteiger charge is 2.13. The molecule has 0 bridgehead atoms. The SMILES string of the molecule is CCCCC(N)C(=O)Nc1cccc(C(N)=O)c1. The van der Waals surface area contributed by atoms with Gasteiger partial charge in [-0.05, 0) is 24.6 Å². The molecule has 5 nitrogen and oxygen atoms in total. The molecule has 1 atom stereocenters. The van der Waals surface area contributed by atoms with Crippen LogP contribution >= 0.6 is 0 Å². The topological polar surface area (TPSA) is 98.2 Å². The molecule has 2 amide bonds. The molecule has 1 aromatic carbocycles. The van der Waals surface area contributed by atoms with Gasteiger partial charge in [0.25, 0.3) is 0 Å². The summed E-state index contributed by atoms with van der Waals surface area (Å²) in [4.78, 5) is 22.7. The summed E-state index contributed by atoms with van der Waals surface area (Å²) in [5.41, 5.74) is 11.8. The van der Waals surface area contributed by atoms with Crippen LogP contribution in [0.15, 0.2) is 24.3 Å². The van der Waals surface area contributed by atoms with Crippen molar-refractivity contribution in [2.75, 3.05) is 5.32 Å². The fourth-order valence-electron chi connectivity index (χ4n) is 1.54. The molecule has 5 N–H and O–H groups in total. The standard InChI is InChI=1S/C13H19N3O2/c1-2-3-7-11(14)13(18)16-10-6-4-5-9(8-10)12(15)17/h4-6,8,11H,2-3,7,14H2,1H3,(H2,15,17)(H,16,18). The molecular weight excluding hydrogens is 230 g/mol. The molecule has 0 aromatic heterocycles. The van der Waals surface area contributed by atoms with Gasteiger partial charge in [-0.1, -0.05) is 25.8 Å². The van der Waals surface area contributed by atoms with Gasteiger partial charge >= 0.3 is 0 Å². The molecule has 0 heterocycles. The first kappa shape index (κ1) is 14.2. The Morgan fingerprint density at radius 1 is 1.39 bits per heavy atom. The average molecular weight is 249 g/mol. The van der Waals surface area contributed by atoms with E-state index in [0.717, 1.165) is 12.8 Å². The third-order valence-electron chi connectivity index (χ3n) is 2.62.